The Balaban J connectivity index is 2.47. The molecule has 0 aliphatic rings. The summed E-state index contributed by atoms with van der Waals surface area (Å²) in [7, 11) is 5.10. The van der Waals surface area contributed by atoms with E-state index in [1.807, 2.05) is 31.3 Å². The molecule has 0 saturated heterocycles. The Labute approximate surface area is 125 Å². The maximum atomic E-state index is 5.34. The number of aryl methyl sites for hydroxylation is 1. The van der Waals surface area contributed by atoms with Crippen LogP contribution in [0.15, 0.2) is 24.3 Å². The lowest BCUT2D eigenvalue weighted by Gasteiger charge is -2.11. The number of benzene rings is 1. The molecule has 0 amide bonds. The van der Waals surface area contributed by atoms with E-state index in [1.54, 1.807) is 14.2 Å². The van der Waals surface area contributed by atoms with E-state index in [9.17, 15) is 0 Å². The molecule has 0 bridgehead atoms. The molecule has 1 heterocycles. The lowest BCUT2D eigenvalue weighted by molar-refractivity contribution is 0.355. The molecule has 112 valence electrons. The van der Waals surface area contributed by atoms with E-state index in [0.29, 0.717) is 17.3 Å². The highest BCUT2D eigenvalue weighted by molar-refractivity contribution is 5.62. The largest absolute Gasteiger partial charge is 0.493 e. The van der Waals surface area contributed by atoms with Gasteiger partial charge >= 0.3 is 0 Å². The highest BCUT2D eigenvalue weighted by Crippen LogP contribution is 2.31. The minimum Gasteiger partial charge on any atom is -0.493 e. The molecule has 5 nitrogen and oxygen atoms in total. The maximum Gasteiger partial charge on any atom is 0.161 e. The molecule has 1 aromatic carbocycles. The van der Waals surface area contributed by atoms with Gasteiger partial charge in [-0.3, -0.25) is 0 Å². The van der Waals surface area contributed by atoms with E-state index in [2.05, 4.69) is 22.2 Å². The third kappa shape index (κ3) is 3.42. The zero-order chi connectivity index (χ0) is 15.2. The lowest BCUT2D eigenvalue weighted by Crippen LogP contribution is -2.01. The van der Waals surface area contributed by atoms with Gasteiger partial charge in [0.25, 0.3) is 0 Å². The standard InChI is InChI=1S/C16H21N3O2/c1-5-6-12-10-15(17-2)19-16(18-12)11-7-8-13(20-3)14(9-11)21-4/h7-10H,5-6H2,1-4H3,(H,17,18,19). The third-order valence-electron chi connectivity index (χ3n) is 3.18. The smallest absolute Gasteiger partial charge is 0.161 e. The lowest BCUT2D eigenvalue weighted by atomic mass is 10.1. The van der Waals surface area contributed by atoms with E-state index in [-0.39, 0.29) is 0 Å². The SMILES string of the molecule is CCCc1cc(NC)nc(-c2ccc(OC)c(OC)c2)n1. The molecular weight excluding hydrogens is 266 g/mol. The first kappa shape index (κ1) is 15.1. The number of rotatable bonds is 6. The van der Waals surface area contributed by atoms with Crippen molar-refractivity contribution in [3.8, 4) is 22.9 Å². The Hall–Kier alpha value is -2.30. The van der Waals surface area contributed by atoms with Crippen LogP contribution >= 0.6 is 0 Å². The zero-order valence-corrected chi connectivity index (χ0v) is 12.9. The monoisotopic (exact) mass is 287 g/mol. The molecular formula is C16H21N3O2. The van der Waals surface area contributed by atoms with Crippen molar-refractivity contribution in [2.75, 3.05) is 26.6 Å². The van der Waals surface area contributed by atoms with E-state index < -0.39 is 0 Å². The molecule has 1 N–H and O–H groups in total. The molecule has 0 saturated carbocycles. The third-order valence-corrected chi connectivity index (χ3v) is 3.18. The summed E-state index contributed by atoms with van der Waals surface area (Å²) in [4.78, 5) is 9.14. The summed E-state index contributed by atoms with van der Waals surface area (Å²) in [5.41, 5.74) is 1.93. The second-order valence-corrected chi connectivity index (χ2v) is 4.64. The van der Waals surface area contributed by atoms with Gasteiger partial charge in [-0.25, -0.2) is 9.97 Å². The summed E-state index contributed by atoms with van der Waals surface area (Å²) in [6.45, 7) is 2.14. The molecule has 0 spiro atoms. The van der Waals surface area contributed by atoms with Crippen molar-refractivity contribution in [2.24, 2.45) is 0 Å². The summed E-state index contributed by atoms with van der Waals surface area (Å²) in [5.74, 6) is 2.87. The molecule has 5 heteroatoms. The van der Waals surface area contributed by atoms with E-state index in [1.165, 1.54) is 0 Å². The van der Waals surface area contributed by atoms with Crippen LogP contribution in [0.3, 0.4) is 0 Å². The number of methoxy groups -OCH3 is 2. The van der Waals surface area contributed by atoms with Gasteiger partial charge in [-0.15, -0.1) is 0 Å². The van der Waals surface area contributed by atoms with Crippen molar-refractivity contribution >= 4 is 5.82 Å². The molecule has 2 aromatic rings. The molecule has 1 aromatic heterocycles. The van der Waals surface area contributed by atoms with E-state index in [0.717, 1.165) is 29.9 Å². The van der Waals surface area contributed by atoms with Crippen LogP contribution in [0.25, 0.3) is 11.4 Å². The summed E-state index contributed by atoms with van der Waals surface area (Å²) >= 11 is 0. The van der Waals surface area contributed by atoms with Gasteiger partial charge in [-0.05, 0) is 24.6 Å². The van der Waals surface area contributed by atoms with Crippen molar-refractivity contribution in [2.45, 2.75) is 19.8 Å². The van der Waals surface area contributed by atoms with E-state index in [4.69, 9.17) is 9.47 Å². The summed E-state index contributed by atoms with van der Waals surface area (Å²) in [6.07, 6.45) is 1.98. The van der Waals surface area contributed by atoms with Crippen molar-refractivity contribution in [3.63, 3.8) is 0 Å². The first-order valence-electron chi connectivity index (χ1n) is 7.00. The van der Waals surface area contributed by atoms with Crippen LogP contribution in [0.5, 0.6) is 11.5 Å². The number of hydrogen-bond donors (Lipinski definition) is 1. The Bertz CT molecular complexity index is 614. The predicted molar refractivity (Wildman–Crippen MR) is 84.1 cm³/mol. The first-order chi connectivity index (χ1) is 10.2. The van der Waals surface area contributed by atoms with Gasteiger partial charge in [0.1, 0.15) is 5.82 Å². The topological polar surface area (TPSA) is 56.3 Å². The fourth-order valence-electron chi connectivity index (χ4n) is 2.11. The minimum atomic E-state index is 0.672. The summed E-state index contributed by atoms with van der Waals surface area (Å²) in [6, 6.07) is 7.67. The molecule has 21 heavy (non-hydrogen) atoms. The van der Waals surface area contributed by atoms with E-state index >= 15 is 0 Å². The second-order valence-electron chi connectivity index (χ2n) is 4.64. The predicted octanol–water partition coefficient (Wildman–Crippen LogP) is 3.16. The Morgan fingerprint density at radius 2 is 1.81 bits per heavy atom. The number of nitrogens with one attached hydrogen (secondary N) is 1. The number of hydrogen-bond acceptors (Lipinski definition) is 5. The van der Waals surface area contributed by atoms with Crippen LogP contribution in [0.1, 0.15) is 19.0 Å². The number of anilines is 1. The van der Waals surface area contributed by atoms with Gasteiger partial charge in [-0.1, -0.05) is 13.3 Å². The van der Waals surface area contributed by atoms with Gasteiger partial charge in [0.15, 0.2) is 17.3 Å². The summed E-state index contributed by atoms with van der Waals surface area (Å²) < 4.78 is 10.6. The zero-order valence-electron chi connectivity index (χ0n) is 12.9. The van der Waals surface area contributed by atoms with Gasteiger partial charge in [0.2, 0.25) is 0 Å². The van der Waals surface area contributed by atoms with Crippen molar-refractivity contribution in [1.82, 2.24) is 9.97 Å². The highest BCUT2D eigenvalue weighted by atomic mass is 16.5. The minimum absolute atomic E-state index is 0.672. The van der Waals surface area contributed by atoms with Gasteiger partial charge in [0, 0.05) is 24.4 Å². The molecule has 0 aliphatic carbocycles. The molecule has 0 radical (unpaired) electrons. The molecule has 0 unspecified atom stereocenters. The fourth-order valence-corrected chi connectivity index (χ4v) is 2.11. The van der Waals surface area contributed by atoms with Crippen LogP contribution in [0.4, 0.5) is 5.82 Å². The normalized spacial score (nSPS) is 10.3. The first-order valence-corrected chi connectivity index (χ1v) is 7.00. The van der Waals surface area contributed by atoms with Gasteiger partial charge < -0.3 is 14.8 Å². The van der Waals surface area contributed by atoms with Crippen molar-refractivity contribution in [1.29, 1.82) is 0 Å². The molecule has 0 aliphatic heterocycles. The van der Waals surface area contributed by atoms with Crippen LogP contribution in [0, 0.1) is 0 Å². The molecule has 0 fully saturated rings. The average molecular weight is 287 g/mol. The Morgan fingerprint density at radius 1 is 1.05 bits per heavy atom. The Morgan fingerprint density at radius 3 is 2.43 bits per heavy atom. The number of aromatic nitrogens is 2. The molecule has 2 rings (SSSR count). The number of ether oxygens (including phenoxy) is 2. The fraction of sp³-hybridized carbons (Fsp3) is 0.375. The quantitative estimate of drug-likeness (QED) is 0.884. The second kappa shape index (κ2) is 6.92. The van der Waals surface area contributed by atoms with Crippen molar-refractivity contribution in [3.05, 3.63) is 30.0 Å². The van der Waals surface area contributed by atoms with Gasteiger partial charge in [-0.2, -0.15) is 0 Å². The van der Waals surface area contributed by atoms with Gasteiger partial charge in [0.05, 0.1) is 14.2 Å². The Kier molecular flexibility index (Phi) is 4.98. The van der Waals surface area contributed by atoms with Crippen LogP contribution in [0.2, 0.25) is 0 Å². The average Bonchev–Trinajstić information content (AvgIpc) is 2.54. The molecule has 0 atom stereocenters. The van der Waals surface area contributed by atoms with Crippen molar-refractivity contribution < 1.29 is 9.47 Å². The summed E-state index contributed by atoms with van der Waals surface area (Å²) in [5, 5.41) is 3.08. The van der Waals surface area contributed by atoms with Crippen LogP contribution in [-0.2, 0) is 6.42 Å². The highest BCUT2D eigenvalue weighted by Gasteiger charge is 2.10. The maximum absolute atomic E-state index is 5.34. The van der Waals surface area contributed by atoms with Crippen LogP contribution < -0.4 is 14.8 Å². The number of nitrogens with zero attached hydrogens (tertiary/aromatic N) is 2. The van der Waals surface area contributed by atoms with Crippen LogP contribution in [-0.4, -0.2) is 31.2 Å².